The summed E-state index contributed by atoms with van der Waals surface area (Å²) in [4.78, 5) is 21.7. The van der Waals surface area contributed by atoms with Crippen LogP contribution in [0.5, 0.6) is 0 Å². The maximum Gasteiger partial charge on any atom is 0.325 e. The van der Waals surface area contributed by atoms with Gasteiger partial charge in [-0.15, -0.1) is 0 Å². The standard InChI is InChI=1S/C8H10N2O4/c1-4-3-6(14-10-4)7(11)9-5(2)8(12)13/h3,5H,1-2H3,(H,9,11)(H,12,13)/t5-/m0/s1. The van der Waals surface area contributed by atoms with Gasteiger partial charge in [-0.1, -0.05) is 5.16 Å². The summed E-state index contributed by atoms with van der Waals surface area (Å²) in [6.07, 6.45) is 0. The lowest BCUT2D eigenvalue weighted by Gasteiger charge is -2.05. The average molecular weight is 198 g/mol. The van der Waals surface area contributed by atoms with Gasteiger partial charge >= 0.3 is 5.97 Å². The molecule has 6 heteroatoms. The molecule has 0 radical (unpaired) electrons. The Kier molecular flexibility index (Phi) is 2.85. The number of hydrogen-bond acceptors (Lipinski definition) is 4. The van der Waals surface area contributed by atoms with E-state index in [0.717, 1.165) is 0 Å². The van der Waals surface area contributed by atoms with Crippen molar-refractivity contribution in [2.24, 2.45) is 0 Å². The molecule has 1 aromatic heterocycles. The van der Waals surface area contributed by atoms with Crippen molar-refractivity contribution in [3.05, 3.63) is 17.5 Å². The van der Waals surface area contributed by atoms with Gasteiger partial charge in [-0.3, -0.25) is 9.59 Å². The van der Waals surface area contributed by atoms with E-state index in [9.17, 15) is 9.59 Å². The third kappa shape index (κ3) is 2.32. The molecule has 1 rings (SSSR count). The molecule has 1 atom stereocenters. The van der Waals surface area contributed by atoms with Gasteiger partial charge in [0.25, 0.3) is 5.91 Å². The van der Waals surface area contributed by atoms with Crippen LogP contribution in [0.1, 0.15) is 23.2 Å². The molecule has 0 spiro atoms. The van der Waals surface area contributed by atoms with Gasteiger partial charge in [0.1, 0.15) is 6.04 Å². The van der Waals surface area contributed by atoms with Crippen LogP contribution in [0.2, 0.25) is 0 Å². The third-order valence-corrected chi connectivity index (χ3v) is 1.57. The normalized spacial score (nSPS) is 12.1. The Morgan fingerprint density at radius 1 is 1.64 bits per heavy atom. The minimum Gasteiger partial charge on any atom is -0.480 e. The number of carbonyl (C=O) groups is 2. The van der Waals surface area contributed by atoms with E-state index in [0.29, 0.717) is 5.69 Å². The van der Waals surface area contributed by atoms with Gasteiger partial charge in [-0.05, 0) is 13.8 Å². The fourth-order valence-electron chi connectivity index (χ4n) is 0.800. The van der Waals surface area contributed by atoms with E-state index in [4.69, 9.17) is 5.11 Å². The van der Waals surface area contributed by atoms with Crippen molar-refractivity contribution in [2.45, 2.75) is 19.9 Å². The smallest absolute Gasteiger partial charge is 0.325 e. The summed E-state index contributed by atoms with van der Waals surface area (Å²) >= 11 is 0. The Morgan fingerprint density at radius 3 is 2.71 bits per heavy atom. The topological polar surface area (TPSA) is 92.4 Å². The third-order valence-electron chi connectivity index (χ3n) is 1.57. The molecule has 0 saturated carbocycles. The molecule has 76 valence electrons. The number of carboxylic acid groups (broad SMARTS) is 1. The number of aromatic nitrogens is 1. The van der Waals surface area contributed by atoms with Gasteiger partial charge in [-0.25, -0.2) is 0 Å². The highest BCUT2D eigenvalue weighted by Gasteiger charge is 2.17. The molecule has 0 unspecified atom stereocenters. The van der Waals surface area contributed by atoms with Crippen molar-refractivity contribution < 1.29 is 19.2 Å². The molecule has 1 aromatic rings. The monoisotopic (exact) mass is 198 g/mol. The van der Waals surface area contributed by atoms with Crippen LogP contribution < -0.4 is 5.32 Å². The first kappa shape index (κ1) is 10.2. The molecule has 1 heterocycles. The number of carbonyl (C=O) groups excluding carboxylic acids is 1. The van der Waals surface area contributed by atoms with Crippen molar-refractivity contribution in [1.82, 2.24) is 10.5 Å². The number of aryl methyl sites for hydroxylation is 1. The second-order valence-electron chi connectivity index (χ2n) is 2.87. The van der Waals surface area contributed by atoms with Crippen LogP contribution in [0.25, 0.3) is 0 Å². The Balaban J connectivity index is 2.63. The van der Waals surface area contributed by atoms with Gasteiger partial charge in [-0.2, -0.15) is 0 Å². The fraction of sp³-hybridized carbons (Fsp3) is 0.375. The van der Waals surface area contributed by atoms with Crippen LogP contribution in [0.15, 0.2) is 10.6 Å². The van der Waals surface area contributed by atoms with Crippen LogP contribution in [0.4, 0.5) is 0 Å². The fourth-order valence-corrected chi connectivity index (χ4v) is 0.800. The molecule has 0 aliphatic rings. The maximum atomic E-state index is 11.3. The minimum absolute atomic E-state index is 0.00981. The highest BCUT2D eigenvalue weighted by molar-refractivity contribution is 5.94. The Hall–Kier alpha value is -1.85. The molecule has 2 N–H and O–H groups in total. The number of carboxylic acids is 1. The van der Waals surface area contributed by atoms with Crippen molar-refractivity contribution in [1.29, 1.82) is 0 Å². The largest absolute Gasteiger partial charge is 0.480 e. The van der Waals surface area contributed by atoms with Crippen molar-refractivity contribution >= 4 is 11.9 Å². The molecular formula is C8H10N2O4. The van der Waals surface area contributed by atoms with Gasteiger partial charge in [0, 0.05) is 6.07 Å². The highest BCUT2D eigenvalue weighted by atomic mass is 16.5. The summed E-state index contributed by atoms with van der Waals surface area (Å²) in [6.45, 7) is 3.03. The van der Waals surface area contributed by atoms with Crippen molar-refractivity contribution in [2.75, 3.05) is 0 Å². The van der Waals surface area contributed by atoms with E-state index in [-0.39, 0.29) is 5.76 Å². The van der Waals surface area contributed by atoms with Gasteiger partial charge in [0.2, 0.25) is 5.76 Å². The van der Waals surface area contributed by atoms with E-state index in [1.54, 1.807) is 6.92 Å². The van der Waals surface area contributed by atoms with E-state index < -0.39 is 17.9 Å². The molecule has 6 nitrogen and oxygen atoms in total. The SMILES string of the molecule is Cc1cc(C(=O)N[C@@H](C)C(=O)O)on1. The van der Waals surface area contributed by atoms with E-state index >= 15 is 0 Å². The number of hydrogen-bond donors (Lipinski definition) is 2. The number of amides is 1. The summed E-state index contributed by atoms with van der Waals surface area (Å²) in [6, 6.07) is 0.483. The predicted octanol–water partition coefficient (Wildman–Crippen LogP) is 0.186. The van der Waals surface area contributed by atoms with E-state index in [1.165, 1.54) is 13.0 Å². The zero-order valence-electron chi connectivity index (χ0n) is 7.77. The molecular weight excluding hydrogens is 188 g/mol. The lowest BCUT2D eigenvalue weighted by atomic mass is 10.3. The zero-order chi connectivity index (χ0) is 10.7. The number of rotatable bonds is 3. The number of nitrogens with zero attached hydrogens (tertiary/aromatic N) is 1. The van der Waals surface area contributed by atoms with Gasteiger partial charge in [0.05, 0.1) is 5.69 Å². The molecule has 0 aliphatic heterocycles. The van der Waals surface area contributed by atoms with Crippen molar-refractivity contribution in [3.8, 4) is 0 Å². The lowest BCUT2D eigenvalue weighted by Crippen LogP contribution is -2.38. The summed E-state index contributed by atoms with van der Waals surface area (Å²) in [5, 5.41) is 14.3. The summed E-state index contributed by atoms with van der Waals surface area (Å²) in [5.41, 5.74) is 0.568. The van der Waals surface area contributed by atoms with Gasteiger partial charge < -0.3 is 14.9 Å². The van der Waals surface area contributed by atoms with Gasteiger partial charge in [0.15, 0.2) is 0 Å². The van der Waals surface area contributed by atoms with E-state index in [1.807, 2.05) is 0 Å². The quantitative estimate of drug-likeness (QED) is 0.723. The van der Waals surface area contributed by atoms with Crippen LogP contribution >= 0.6 is 0 Å². The van der Waals surface area contributed by atoms with Crippen LogP contribution in [0.3, 0.4) is 0 Å². The minimum atomic E-state index is -1.10. The first-order valence-electron chi connectivity index (χ1n) is 3.97. The average Bonchev–Trinajstić information content (AvgIpc) is 2.51. The van der Waals surface area contributed by atoms with E-state index in [2.05, 4.69) is 15.0 Å². The van der Waals surface area contributed by atoms with Crippen LogP contribution in [-0.4, -0.2) is 28.2 Å². The zero-order valence-corrected chi connectivity index (χ0v) is 7.77. The summed E-state index contributed by atoms with van der Waals surface area (Å²) in [7, 11) is 0. The maximum absolute atomic E-state index is 11.3. The predicted molar refractivity (Wildman–Crippen MR) is 45.8 cm³/mol. The van der Waals surface area contributed by atoms with Crippen LogP contribution in [0, 0.1) is 6.92 Å². The molecule has 0 saturated heterocycles. The summed E-state index contributed by atoms with van der Waals surface area (Å²) in [5.74, 6) is -1.68. The molecule has 0 bridgehead atoms. The molecule has 1 amide bonds. The molecule has 0 aliphatic carbocycles. The second kappa shape index (κ2) is 3.91. The second-order valence-corrected chi connectivity index (χ2v) is 2.87. The highest BCUT2D eigenvalue weighted by Crippen LogP contribution is 2.01. The van der Waals surface area contributed by atoms with Crippen LogP contribution in [-0.2, 0) is 4.79 Å². The summed E-state index contributed by atoms with van der Waals surface area (Å²) < 4.78 is 4.65. The molecule has 0 aromatic carbocycles. The molecule has 14 heavy (non-hydrogen) atoms. The first-order chi connectivity index (χ1) is 6.50. The van der Waals surface area contributed by atoms with Crippen molar-refractivity contribution in [3.63, 3.8) is 0 Å². The lowest BCUT2D eigenvalue weighted by molar-refractivity contribution is -0.138. The Bertz CT molecular complexity index is 358. The number of nitrogens with one attached hydrogen (secondary N) is 1. The number of aliphatic carboxylic acids is 1. The molecule has 0 fully saturated rings. The first-order valence-corrected chi connectivity index (χ1v) is 3.97. The Labute approximate surface area is 79.9 Å². The Morgan fingerprint density at radius 2 is 2.29 bits per heavy atom.